The van der Waals surface area contributed by atoms with Crippen LogP contribution in [0, 0.1) is 11.8 Å². The first-order valence-corrected chi connectivity index (χ1v) is 25.7. The van der Waals surface area contributed by atoms with Crippen molar-refractivity contribution in [1.82, 2.24) is 5.32 Å². The van der Waals surface area contributed by atoms with Crippen molar-refractivity contribution < 1.29 is 32.3 Å². The topological polar surface area (TPSA) is 95.6 Å². The van der Waals surface area contributed by atoms with Crippen LogP contribution in [0.4, 0.5) is 0 Å². The van der Waals surface area contributed by atoms with E-state index in [1.54, 1.807) is 12.1 Å². The van der Waals surface area contributed by atoms with Crippen LogP contribution >= 0.6 is 0 Å². The fraction of sp³-hybridized carbons (Fsp3) is 0.742. The second kappa shape index (κ2) is 14.3. The van der Waals surface area contributed by atoms with Gasteiger partial charge in [-0.15, -0.1) is 0 Å². The first-order valence-electron chi connectivity index (χ1n) is 15.5. The third-order valence-corrected chi connectivity index (χ3v) is 10.6. The summed E-state index contributed by atoms with van der Waals surface area (Å²) < 4.78 is 32.6. The van der Waals surface area contributed by atoms with Crippen LogP contribution in [0.2, 0.25) is 58.9 Å². The number of amides is 1. The predicted molar refractivity (Wildman–Crippen MR) is 174 cm³/mol. The number of hydrogen-bond acceptors (Lipinski definition) is 7. The summed E-state index contributed by atoms with van der Waals surface area (Å²) in [5, 5.41) is 2.80. The zero-order valence-electron chi connectivity index (χ0n) is 27.7. The lowest BCUT2D eigenvalue weighted by atomic mass is 9.86. The summed E-state index contributed by atoms with van der Waals surface area (Å²) in [6.45, 7) is 24.5. The van der Waals surface area contributed by atoms with Crippen LogP contribution in [-0.4, -0.2) is 86.4 Å². The van der Waals surface area contributed by atoms with Gasteiger partial charge >= 0.3 is 0 Å². The number of carbonyl (C=O) groups is 2. The maximum atomic E-state index is 13.1. The fourth-order valence-corrected chi connectivity index (χ4v) is 9.19. The Balaban J connectivity index is 1.70. The minimum atomic E-state index is -2.03. The molecule has 1 aromatic rings. The van der Waals surface area contributed by atoms with Crippen molar-refractivity contribution >= 4 is 36.6 Å². The molecule has 3 rings (SSSR count). The Kier molecular flexibility index (Phi) is 12.0. The van der Waals surface area contributed by atoms with E-state index in [9.17, 15) is 9.59 Å². The SMILES string of the molecule is C[C@H]([C@@H]1O[C@H]1C[C@H]1CO[C@@H](CC(=O)NCC(=O)c2ccccc2)[C@H](O[Si](C)(C)C)[C@@H]1O[Si](C)(C)C)[C@H](C)O[Si](C)(C)C. The number of epoxide rings is 1. The highest BCUT2D eigenvalue weighted by molar-refractivity contribution is 6.70. The third-order valence-electron chi connectivity index (χ3n) is 7.54. The van der Waals surface area contributed by atoms with Crippen LogP contribution in [0.5, 0.6) is 0 Å². The summed E-state index contributed by atoms with van der Waals surface area (Å²) in [7, 11) is -5.65. The van der Waals surface area contributed by atoms with Crippen molar-refractivity contribution in [2.75, 3.05) is 13.2 Å². The molecule has 8 nitrogen and oxygen atoms in total. The molecule has 0 unspecified atom stereocenters. The van der Waals surface area contributed by atoms with E-state index in [4.69, 9.17) is 22.8 Å². The quantitative estimate of drug-likeness (QED) is 0.146. The Morgan fingerprint density at radius 3 is 2.05 bits per heavy atom. The first-order chi connectivity index (χ1) is 19.3. The van der Waals surface area contributed by atoms with Gasteiger partial charge in [0.1, 0.15) is 0 Å². The van der Waals surface area contributed by atoms with Crippen LogP contribution in [0.15, 0.2) is 30.3 Å². The lowest BCUT2D eigenvalue weighted by molar-refractivity contribution is -0.160. The molecule has 42 heavy (non-hydrogen) atoms. The lowest BCUT2D eigenvalue weighted by Crippen LogP contribution is -2.58. The molecule has 2 heterocycles. The summed E-state index contributed by atoms with van der Waals surface area (Å²) in [5.74, 6) is 0.0368. The molecule has 2 aliphatic rings. The third kappa shape index (κ3) is 11.4. The maximum absolute atomic E-state index is 13.1. The molecule has 2 fully saturated rings. The normalized spacial score (nSPS) is 28.2. The van der Waals surface area contributed by atoms with Crippen molar-refractivity contribution in [3.63, 3.8) is 0 Å². The molecule has 1 amide bonds. The smallest absolute Gasteiger partial charge is 0.223 e. The zero-order valence-corrected chi connectivity index (χ0v) is 30.7. The summed E-state index contributed by atoms with van der Waals surface area (Å²) >= 11 is 0. The first kappa shape index (κ1) is 35.3. The number of rotatable bonds is 15. The van der Waals surface area contributed by atoms with Crippen molar-refractivity contribution in [2.24, 2.45) is 11.8 Å². The number of carbonyl (C=O) groups excluding carboxylic acids is 2. The minimum absolute atomic E-state index is 0.0506. The van der Waals surface area contributed by atoms with Gasteiger partial charge in [0.15, 0.2) is 30.7 Å². The van der Waals surface area contributed by atoms with Crippen molar-refractivity contribution in [1.29, 1.82) is 0 Å². The average molecular weight is 638 g/mol. The van der Waals surface area contributed by atoms with Gasteiger partial charge in [0.25, 0.3) is 0 Å². The van der Waals surface area contributed by atoms with Crippen molar-refractivity contribution in [2.45, 2.75) is 122 Å². The van der Waals surface area contributed by atoms with Gasteiger partial charge in [-0.05, 0) is 72.3 Å². The van der Waals surface area contributed by atoms with Crippen LogP contribution in [0.1, 0.15) is 37.0 Å². The molecule has 0 radical (unpaired) electrons. The fourth-order valence-electron chi connectivity index (χ4n) is 5.62. The Morgan fingerprint density at radius 2 is 1.48 bits per heavy atom. The molecule has 0 aromatic heterocycles. The highest BCUT2D eigenvalue weighted by Gasteiger charge is 2.51. The second-order valence-electron chi connectivity index (χ2n) is 15.0. The van der Waals surface area contributed by atoms with E-state index in [-0.39, 0.29) is 61.1 Å². The molecule has 1 aromatic carbocycles. The molecular weight excluding hydrogens is 583 g/mol. The molecule has 0 saturated carbocycles. The van der Waals surface area contributed by atoms with Gasteiger partial charge in [0.2, 0.25) is 5.91 Å². The van der Waals surface area contributed by atoms with Crippen LogP contribution in [0.25, 0.3) is 0 Å². The highest BCUT2D eigenvalue weighted by atomic mass is 28.4. The number of ether oxygens (including phenoxy) is 2. The minimum Gasteiger partial charge on any atom is -0.415 e. The summed E-state index contributed by atoms with van der Waals surface area (Å²) in [4.78, 5) is 25.6. The van der Waals surface area contributed by atoms with Gasteiger partial charge in [-0.3, -0.25) is 9.59 Å². The second-order valence-corrected chi connectivity index (χ2v) is 28.3. The highest BCUT2D eigenvalue weighted by Crippen LogP contribution is 2.41. The number of ketones is 1. The van der Waals surface area contributed by atoms with E-state index in [2.05, 4.69) is 78.1 Å². The van der Waals surface area contributed by atoms with Crippen LogP contribution < -0.4 is 5.32 Å². The summed E-state index contributed by atoms with van der Waals surface area (Å²) in [6, 6.07) is 9.00. The molecule has 0 aliphatic carbocycles. The van der Waals surface area contributed by atoms with Gasteiger partial charge in [0.05, 0.1) is 50.1 Å². The van der Waals surface area contributed by atoms with Crippen LogP contribution in [-0.2, 0) is 27.5 Å². The Hall–Kier alpha value is -1.19. The lowest BCUT2D eigenvalue weighted by Gasteiger charge is -2.47. The standard InChI is InChI=1S/C31H55NO7Si3/c1-21(22(2)37-40(3,4)5)29-27(36-29)17-24-20-35-26(31(39-42(9,10)11)30(24)38-41(6,7)8)18-28(34)32-19-25(33)23-15-13-12-14-16-23/h12-16,21-22,24,26-27,29-31H,17-20H2,1-11H3,(H,32,34)/t21-,22-,24-,26-,27-,29-,30+,31-/m0/s1. The molecule has 1 N–H and O–H groups in total. The number of Topliss-reactive ketones (excluding diaryl/α,β-unsaturated/α-hetero) is 1. The molecule has 11 heteroatoms. The molecule has 8 atom stereocenters. The number of benzene rings is 1. The molecule has 0 bridgehead atoms. The molecular formula is C31H55NO7Si3. The molecule has 238 valence electrons. The summed E-state index contributed by atoms with van der Waals surface area (Å²) in [6.07, 6.45) is 0.333. The number of nitrogens with one attached hydrogen (secondary N) is 1. The zero-order chi connectivity index (χ0) is 31.5. The number of hydrogen-bond donors (Lipinski definition) is 1. The predicted octanol–water partition coefficient (Wildman–Crippen LogP) is 5.86. The Bertz CT molecular complexity index is 1040. The van der Waals surface area contributed by atoms with Gasteiger partial charge in [-0.25, -0.2) is 0 Å². The van der Waals surface area contributed by atoms with E-state index in [1.165, 1.54) is 0 Å². The summed E-state index contributed by atoms with van der Waals surface area (Å²) in [5.41, 5.74) is 0.578. The maximum Gasteiger partial charge on any atom is 0.223 e. The van der Waals surface area contributed by atoms with E-state index in [0.29, 0.717) is 18.1 Å². The van der Waals surface area contributed by atoms with E-state index in [0.717, 1.165) is 6.42 Å². The van der Waals surface area contributed by atoms with Crippen molar-refractivity contribution in [3.05, 3.63) is 35.9 Å². The van der Waals surface area contributed by atoms with Crippen molar-refractivity contribution in [3.8, 4) is 0 Å². The van der Waals surface area contributed by atoms with Gasteiger partial charge in [-0.2, -0.15) is 0 Å². The monoisotopic (exact) mass is 637 g/mol. The van der Waals surface area contributed by atoms with E-state index >= 15 is 0 Å². The van der Waals surface area contributed by atoms with Gasteiger partial charge in [0, 0.05) is 23.5 Å². The largest absolute Gasteiger partial charge is 0.415 e. The Morgan fingerprint density at radius 1 is 0.881 bits per heavy atom. The van der Waals surface area contributed by atoms with Gasteiger partial charge in [-0.1, -0.05) is 37.3 Å². The molecule has 2 saturated heterocycles. The van der Waals surface area contributed by atoms with Crippen LogP contribution in [0.3, 0.4) is 0 Å². The average Bonchev–Trinajstić information content (AvgIpc) is 3.62. The molecule has 2 aliphatic heterocycles. The van der Waals surface area contributed by atoms with E-state index in [1.807, 2.05) is 18.2 Å². The van der Waals surface area contributed by atoms with E-state index < -0.39 is 31.1 Å². The Labute approximate surface area is 256 Å². The molecule has 0 spiro atoms. The van der Waals surface area contributed by atoms with Gasteiger partial charge < -0.3 is 28.1 Å².